The van der Waals surface area contributed by atoms with Crippen molar-refractivity contribution in [2.45, 2.75) is 31.7 Å². The zero-order chi connectivity index (χ0) is 15.2. The van der Waals surface area contributed by atoms with Crippen molar-refractivity contribution in [1.82, 2.24) is 15.1 Å². The number of rotatable bonds is 4. The van der Waals surface area contributed by atoms with Gasteiger partial charge < -0.3 is 20.4 Å². The predicted molar refractivity (Wildman–Crippen MR) is 77.0 cm³/mol. The lowest BCUT2D eigenvalue weighted by molar-refractivity contribution is -0.142. The van der Waals surface area contributed by atoms with Crippen molar-refractivity contribution in [3.8, 4) is 0 Å². The van der Waals surface area contributed by atoms with Crippen LogP contribution in [0.2, 0.25) is 0 Å². The maximum Gasteiger partial charge on any atom is 0.317 e. The molecular weight excluding hydrogens is 274 g/mol. The van der Waals surface area contributed by atoms with Crippen LogP contribution in [0.25, 0.3) is 0 Å². The molecule has 2 rings (SSSR count). The van der Waals surface area contributed by atoms with Crippen LogP contribution in [0, 0.1) is 5.92 Å². The topological polar surface area (TPSA) is 93.1 Å². The molecular formula is C14H25N3O4. The van der Waals surface area contributed by atoms with Crippen molar-refractivity contribution < 1.29 is 19.8 Å². The average Bonchev–Trinajstić information content (AvgIpc) is 2.49. The summed E-state index contributed by atoms with van der Waals surface area (Å²) in [7, 11) is 0. The molecule has 2 aliphatic rings. The molecule has 1 aliphatic heterocycles. The first-order valence-corrected chi connectivity index (χ1v) is 7.71. The van der Waals surface area contributed by atoms with Crippen LogP contribution in [0.1, 0.15) is 25.7 Å². The van der Waals surface area contributed by atoms with Crippen molar-refractivity contribution in [2.75, 3.05) is 39.3 Å². The van der Waals surface area contributed by atoms with Gasteiger partial charge in [-0.25, -0.2) is 4.79 Å². The molecule has 1 aliphatic carbocycles. The summed E-state index contributed by atoms with van der Waals surface area (Å²) in [6, 6.07) is 0.0565. The van der Waals surface area contributed by atoms with E-state index in [9.17, 15) is 9.59 Å². The molecule has 7 heteroatoms. The molecule has 0 radical (unpaired) electrons. The molecule has 2 fully saturated rings. The van der Waals surface area contributed by atoms with Gasteiger partial charge in [0.15, 0.2) is 0 Å². The number of nitrogens with zero attached hydrogens (tertiary/aromatic N) is 2. The Morgan fingerprint density at radius 3 is 2.19 bits per heavy atom. The zero-order valence-corrected chi connectivity index (χ0v) is 12.3. The molecule has 3 N–H and O–H groups in total. The second kappa shape index (κ2) is 7.61. The Balaban J connectivity index is 1.70. The molecule has 0 bridgehead atoms. The van der Waals surface area contributed by atoms with E-state index in [-0.39, 0.29) is 24.6 Å². The predicted octanol–water partition coefficient (Wildman–Crippen LogP) is -0.0507. The highest BCUT2D eigenvalue weighted by molar-refractivity contribution is 5.75. The fraction of sp³-hybridized carbons (Fsp3) is 0.857. The lowest BCUT2D eigenvalue weighted by Gasteiger charge is -2.36. The van der Waals surface area contributed by atoms with E-state index in [1.165, 1.54) is 0 Å². The highest BCUT2D eigenvalue weighted by Gasteiger charge is 2.28. The second-order valence-electron chi connectivity index (χ2n) is 5.89. The van der Waals surface area contributed by atoms with Crippen molar-refractivity contribution >= 4 is 12.0 Å². The third-order valence-corrected chi connectivity index (χ3v) is 4.48. The summed E-state index contributed by atoms with van der Waals surface area (Å²) in [5.41, 5.74) is 0. The maximum atomic E-state index is 12.2. The Hall–Kier alpha value is -1.34. The number of hydrogen-bond donors (Lipinski definition) is 3. The van der Waals surface area contributed by atoms with Gasteiger partial charge in [-0.1, -0.05) is 0 Å². The molecule has 0 unspecified atom stereocenters. The number of nitrogens with one attached hydrogen (secondary N) is 1. The fourth-order valence-electron chi connectivity index (χ4n) is 3.07. The molecule has 7 nitrogen and oxygen atoms in total. The molecule has 1 heterocycles. The number of aliphatic carboxylic acids is 1. The second-order valence-corrected chi connectivity index (χ2v) is 5.89. The molecule has 0 aromatic rings. The number of carbonyl (C=O) groups is 2. The lowest BCUT2D eigenvalue weighted by atomic mass is 9.86. The van der Waals surface area contributed by atoms with Crippen LogP contribution < -0.4 is 5.32 Å². The summed E-state index contributed by atoms with van der Waals surface area (Å²) in [5, 5.41) is 20.9. The van der Waals surface area contributed by atoms with Gasteiger partial charge in [-0.3, -0.25) is 9.69 Å². The van der Waals surface area contributed by atoms with Crippen LogP contribution in [-0.2, 0) is 4.79 Å². The number of aliphatic hydroxyl groups is 1. The van der Waals surface area contributed by atoms with Crippen LogP contribution in [0.15, 0.2) is 0 Å². The Kier molecular flexibility index (Phi) is 5.81. The summed E-state index contributed by atoms with van der Waals surface area (Å²) in [6.07, 6.45) is 2.77. The molecule has 0 aromatic heterocycles. The highest BCUT2D eigenvalue weighted by Crippen LogP contribution is 2.24. The molecule has 2 amide bonds. The van der Waals surface area contributed by atoms with Gasteiger partial charge in [-0.15, -0.1) is 0 Å². The molecule has 21 heavy (non-hydrogen) atoms. The van der Waals surface area contributed by atoms with E-state index in [2.05, 4.69) is 10.2 Å². The summed E-state index contributed by atoms with van der Waals surface area (Å²) in [5.74, 6) is -0.972. The van der Waals surface area contributed by atoms with Crippen molar-refractivity contribution in [3.63, 3.8) is 0 Å². The van der Waals surface area contributed by atoms with Gasteiger partial charge in [-0.2, -0.15) is 0 Å². The quantitative estimate of drug-likeness (QED) is 0.677. The van der Waals surface area contributed by atoms with Gasteiger partial charge in [0.1, 0.15) is 0 Å². The Labute approximate surface area is 124 Å². The van der Waals surface area contributed by atoms with E-state index in [1.54, 1.807) is 4.90 Å². The normalized spacial score (nSPS) is 27.4. The van der Waals surface area contributed by atoms with Crippen LogP contribution in [0.3, 0.4) is 0 Å². The van der Waals surface area contributed by atoms with Gasteiger partial charge in [0.2, 0.25) is 0 Å². The maximum absolute atomic E-state index is 12.2. The number of urea groups is 1. The number of β-amino-alcohol motifs (C(OH)–C–C–N with tert-alkyl or cyclic N) is 1. The summed E-state index contributed by atoms with van der Waals surface area (Å²) < 4.78 is 0. The summed E-state index contributed by atoms with van der Waals surface area (Å²) >= 11 is 0. The third-order valence-electron chi connectivity index (χ3n) is 4.48. The fourth-order valence-corrected chi connectivity index (χ4v) is 3.07. The minimum Gasteiger partial charge on any atom is -0.481 e. The Morgan fingerprint density at radius 2 is 1.67 bits per heavy atom. The van der Waals surface area contributed by atoms with E-state index in [1.807, 2.05) is 0 Å². The largest absolute Gasteiger partial charge is 0.481 e. The standard InChI is InChI=1S/C14H25N3O4/c18-10-9-16-5-7-17(8-6-16)14(21)15-12-3-1-11(2-4-12)13(19)20/h11-12,18H,1-10H2,(H,15,21)(H,19,20). The number of carbonyl (C=O) groups excluding carboxylic acids is 1. The van der Waals surface area contributed by atoms with Crippen molar-refractivity contribution in [2.24, 2.45) is 5.92 Å². The van der Waals surface area contributed by atoms with Crippen LogP contribution in [0.5, 0.6) is 0 Å². The van der Waals surface area contributed by atoms with Crippen LogP contribution in [-0.4, -0.2) is 77.4 Å². The van der Waals surface area contributed by atoms with Gasteiger partial charge >= 0.3 is 12.0 Å². The Bertz CT molecular complexity index is 361. The molecule has 0 aromatic carbocycles. The summed E-state index contributed by atoms with van der Waals surface area (Å²) in [4.78, 5) is 27.0. The van der Waals surface area contributed by atoms with E-state index >= 15 is 0 Å². The number of carboxylic acids is 1. The molecule has 120 valence electrons. The third kappa shape index (κ3) is 4.57. The Morgan fingerprint density at radius 1 is 1.05 bits per heavy atom. The van der Waals surface area contributed by atoms with Gasteiger partial charge in [-0.05, 0) is 25.7 Å². The van der Waals surface area contributed by atoms with E-state index in [0.29, 0.717) is 32.5 Å². The SMILES string of the molecule is O=C(O)C1CCC(NC(=O)N2CCN(CCO)CC2)CC1. The monoisotopic (exact) mass is 299 g/mol. The molecule has 1 saturated heterocycles. The van der Waals surface area contributed by atoms with E-state index in [0.717, 1.165) is 25.9 Å². The minimum atomic E-state index is -0.722. The minimum absolute atomic E-state index is 0.0441. The van der Waals surface area contributed by atoms with Crippen molar-refractivity contribution in [1.29, 1.82) is 0 Å². The van der Waals surface area contributed by atoms with Crippen LogP contribution in [0.4, 0.5) is 4.79 Å². The first kappa shape index (κ1) is 16.0. The van der Waals surface area contributed by atoms with Gasteiger partial charge in [0.05, 0.1) is 12.5 Å². The number of piperazine rings is 1. The summed E-state index contributed by atoms with van der Waals surface area (Å²) in [6.45, 7) is 3.75. The number of hydrogen-bond acceptors (Lipinski definition) is 4. The molecule has 1 saturated carbocycles. The number of aliphatic hydroxyl groups excluding tert-OH is 1. The van der Waals surface area contributed by atoms with E-state index < -0.39 is 5.97 Å². The van der Waals surface area contributed by atoms with Crippen LogP contribution >= 0.6 is 0 Å². The molecule has 0 spiro atoms. The highest BCUT2D eigenvalue weighted by atomic mass is 16.4. The first-order valence-electron chi connectivity index (χ1n) is 7.71. The number of carboxylic acid groups (broad SMARTS) is 1. The smallest absolute Gasteiger partial charge is 0.317 e. The first-order chi connectivity index (χ1) is 10.1. The number of amides is 2. The molecule has 0 atom stereocenters. The van der Waals surface area contributed by atoms with Gasteiger partial charge in [0, 0.05) is 38.8 Å². The van der Waals surface area contributed by atoms with Crippen molar-refractivity contribution in [3.05, 3.63) is 0 Å². The van der Waals surface area contributed by atoms with E-state index in [4.69, 9.17) is 10.2 Å². The average molecular weight is 299 g/mol. The van der Waals surface area contributed by atoms with Gasteiger partial charge in [0.25, 0.3) is 0 Å². The lowest BCUT2D eigenvalue weighted by Crippen LogP contribution is -2.54. The zero-order valence-electron chi connectivity index (χ0n) is 12.3.